The highest BCUT2D eigenvalue weighted by Crippen LogP contribution is 2.15. The molecule has 2 rings (SSSR count). The van der Waals surface area contributed by atoms with Crippen molar-refractivity contribution in [2.45, 2.75) is 30.9 Å². The van der Waals surface area contributed by atoms with Gasteiger partial charge in [0.15, 0.2) is 6.10 Å². The topological polar surface area (TPSA) is 102 Å². The standard InChI is InChI=1S/C18H19BrN2O5S/c1-12(21-27(24,25)16-6-4-3-5-7-16)18(23)26-13(2)17(22)20-15-10-8-14(19)9-11-15/h3-13,21H,1-2H3,(H,20,22)/t12-,13?/m0/s1. The molecule has 144 valence electrons. The van der Waals surface area contributed by atoms with E-state index in [9.17, 15) is 18.0 Å². The van der Waals surface area contributed by atoms with E-state index in [1.807, 2.05) is 0 Å². The minimum Gasteiger partial charge on any atom is -0.451 e. The number of halogens is 1. The number of hydrogen-bond acceptors (Lipinski definition) is 5. The van der Waals surface area contributed by atoms with E-state index < -0.39 is 34.0 Å². The molecular weight excluding hydrogens is 436 g/mol. The first-order valence-corrected chi connectivity index (χ1v) is 10.3. The van der Waals surface area contributed by atoms with Gasteiger partial charge < -0.3 is 10.1 Å². The highest BCUT2D eigenvalue weighted by atomic mass is 79.9. The van der Waals surface area contributed by atoms with Crippen LogP contribution in [-0.2, 0) is 24.3 Å². The van der Waals surface area contributed by atoms with Crippen molar-refractivity contribution in [3.63, 3.8) is 0 Å². The lowest BCUT2D eigenvalue weighted by Crippen LogP contribution is -2.42. The van der Waals surface area contributed by atoms with Crippen LogP contribution in [0.2, 0.25) is 0 Å². The predicted octanol–water partition coefficient (Wildman–Crippen LogP) is 2.69. The zero-order valence-electron chi connectivity index (χ0n) is 14.7. The minimum absolute atomic E-state index is 0.0330. The van der Waals surface area contributed by atoms with E-state index in [1.54, 1.807) is 42.5 Å². The summed E-state index contributed by atoms with van der Waals surface area (Å²) in [7, 11) is -3.87. The Labute approximate surface area is 166 Å². The van der Waals surface area contributed by atoms with E-state index >= 15 is 0 Å². The molecule has 9 heteroatoms. The molecule has 2 atom stereocenters. The minimum atomic E-state index is -3.87. The van der Waals surface area contributed by atoms with Gasteiger partial charge in [-0.1, -0.05) is 34.1 Å². The summed E-state index contributed by atoms with van der Waals surface area (Å²) in [6.07, 6.45) is -1.09. The van der Waals surface area contributed by atoms with Crippen molar-refractivity contribution in [2.75, 3.05) is 5.32 Å². The summed E-state index contributed by atoms with van der Waals surface area (Å²) in [5, 5.41) is 2.61. The van der Waals surface area contributed by atoms with Gasteiger partial charge in [-0.2, -0.15) is 4.72 Å². The molecule has 0 bridgehead atoms. The molecule has 2 aromatic carbocycles. The molecule has 2 aromatic rings. The molecule has 1 amide bonds. The number of ether oxygens (including phenoxy) is 1. The van der Waals surface area contributed by atoms with Crippen molar-refractivity contribution in [3.8, 4) is 0 Å². The number of sulfonamides is 1. The summed E-state index contributed by atoms with van der Waals surface area (Å²) in [4.78, 5) is 24.3. The molecular formula is C18H19BrN2O5S. The first-order chi connectivity index (χ1) is 12.7. The molecule has 0 saturated carbocycles. The highest BCUT2D eigenvalue weighted by Gasteiger charge is 2.26. The highest BCUT2D eigenvalue weighted by molar-refractivity contribution is 9.10. The molecule has 0 aliphatic carbocycles. The van der Waals surface area contributed by atoms with Crippen molar-refractivity contribution < 1.29 is 22.7 Å². The van der Waals surface area contributed by atoms with Crippen LogP contribution in [-0.4, -0.2) is 32.4 Å². The predicted molar refractivity (Wildman–Crippen MR) is 105 cm³/mol. The average Bonchev–Trinajstić information content (AvgIpc) is 2.63. The van der Waals surface area contributed by atoms with E-state index in [2.05, 4.69) is 26.0 Å². The van der Waals surface area contributed by atoms with Gasteiger partial charge in [-0.25, -0.2) is 8.42 Å². The Hall–Kier alpha value is -2.23. The molecule has 7 nitrogen and oxygen atoms in total. The first kappa shape index (κ1) is 21.1. The van der Waals surface area contributed by atoms with Crippen LogP contribution in [0.5, 0.6) is 0 Å². The van der Waals surface area contributed by atoms with E-state index in [1.165, 1.54) is 26.0 Å². The van der Waals surface area contributed by atoms with Crippen molar-refractivity contribution in [3.05, 3.63) is 59.1 Å². The Bertz CT molecular complexity index is 901. The maximum absolute atomic E-state index is 12.2. The molecule has 1 unspecified atom stereocenters. The fourth-order valence-corrected chi connectivity index (χ4v) is 3.53. The zero-order valence-corrected chi connectivity index (χ0v) is 17.1. The fourth-order valence-electron chi connectivity index (χ4n) is 2.06. The number of esters is 1. The van der Waals surface area contributed by atoms with Crippen molar-refractivity contribution in [2.24, 2.45) is 0 Å². The molecule has 0 aromatic heterocycles. The first-order valence-electron chi connectivity index (χ1n) is 8.03. The third kappa shape index (κ3) is 6.16. The Kier molecular flexibility index (Phi) is 7.11. The Balaban J connectivity index is 1.93. The quantitative estimate of drug-likeness (QED) is 0.626. The summed E-state index contributed by atoms with van der Waals surface area (Å²) in [6, 6.07) is 13.4. The third-order valence-electron chi connectivity index (χ3n) is 3.51. The van der Waals surface area contributed by atoms with Gasteiger partial charge in [-0.05, 0) is 50.2 Å². The van der Waals surface area contributed by atoms with Gasteiger partial charge in [0, 0.05) is 10.2 Å². The van der Waals surface area contributed by atoms with E-state index in [0.717, 1.165) is 4.47 Å². The fraction of sp³-hybridized carbons (Fsp3) is 0.222. The number of hydrogen-bond donors (Lipinski definition) is 2. The third-order valence-corrected chi connectivity index (χ3v) is 5.60. The summed E-state index contributed by atoms with van der Waals surface area (Å²) in [6.45, 7) is 2.76. The molecule has 0 fully saturated rings. The maximum Gasteiger partial charge on any atom is 0.324 e. The van der Waals surface area contributed by atoms with Crippen LogP contribution in [0.4, 0.5) is 5.69 Å². The van der Waals surface area contributed by atoms with Crippen molar-refractivity contribution in [1.82, 2.24) is 4.72 Å². The maximum atomic E-state index is 12.2. The van der Waals surface area contributed by atoms with Crippen molar-refractivity contribution in [1.29, 1.82) is 0 Å². The van der Waals surface area contributed by atoms with Crippen molar-refractivity contribution >= 4 is 43.5 Å². The van der Waals surface area contributed by atoms with Gasteiger partial charge in [-0.3, -0.25) is 9.59 Å². The van der Waals surface area contributed by atoms with Crippen LogP contribution in [0.25, 0.3) is 0 Å². The van der Waals surface area contributed by atoms with Crippen LogP contribution in [0.1, 0.15) is 13.8 Å². The average molecular weight is 455 g/mol. The summed E-state index contributed by atoms with van der Waals surface area (Å²) in [5.74, 6) is -1.38. The zero-order chi connectivity index (χ0) is 20.0. The van der Waals surface area contributed by atoms with Gasteiger partial charge in [-0.15, -0.1) is 0 Å². The molecule has 0 aliphatic rings. The lowest BCUT2D eigenvalue weighted by molar-refractivity contribution is -0.154. The van der Waals surface area contributed by atoms with Gasteiger partial charge in [0.25, 0.3) is 5.91 Å². The smallest absolute Gasteiger partial charge is 0.324 e. The monoisotopic (exact) mass is 454 g/mol. The summed E-state index contributed by atoms with van der Waals surface area (Å²) < 4.78 is 32.6. The van der Waals surface area contributed by atoms with Crippen LogP contribution < -0.4 is 10.0 Å². The molecule has 2 N–H and O–H groups in total. The lowest BCUT2D eigenvalue weighted by Gasteiger charge is -2.17. The molecule has 0 aliphatic heterocycles. The molecule has 0 radical (unpaired) electrons. The number of nitrogens with one attached hydrogen (secondary N) is 2. The van der Waals surface area contributed by atoms with E-state index in [-0.39, 0.29) is 4.90 Å². The second kappa shape index (κ2) is 9.12. The second-order valence-corrected chi connectivity index (χ2v) is 8.36. The number of carbonyl (C=O) groups excluding carboxylic acids is 2. The molecule has 0 heterocycles. The summed E-state index contributed by atoms with van der Waals surface area (Å²) in [5.41, 5.74) is 0.545. The van der Waals surface area contributed by atoms with Gasteiger partial charge >= 0.3 is 5.97 Å². The van der Waals surface area contributed by atoms with Crippen LogP contribution in [0.15, 0.2) is 64.0 Å². The Morgan fingerprint density at radius 1 is 1.00 bits per heavy atom. The SMILES string of the molecule is CC(OC(=O)[C@H](C)NS(=O)(=O)c1ccccc1)C(=O)Nc1ccc(Br)cc1. The van der Waals surface area contributed by atoms with Crippen LogP contribution >= 0.6 is 15.9 Å². The lowest BCUT2D eigenvalue weighted by atomic mass is 10.3. The Morgan fingerprint density at radius 2 is 1.59 bits per heavy atom. The molecule has 0 saturated heterocycles. The number of benzene rings is 2. The van der Waals surface area contributed by atoms with Gasteiger partial charge in [0.05, 0.1) is 4.90 Å². The number of rotatable bonds is 7. The number of anilines is 1. The van der Waals surface area contributed by atoms with Crippen LogP contribution in [0.3, 0.4) is 0 Å². The number of carbonyl (C=O) groups is 2. The summed E-state index contributed by atoms with van der Waals surface area (Å²) >= 11 is 3.29. The van der Waals surface area contributed by atoms with Crippen LogP contribution in [0, 0.1) is 0 Å². The van der Waals surface area contributed by atoms with Gasteiger partial charge in [0.1, 0.15) is 6.04 Å². The van der Waals surface area contributed by atoms with Gasteiger partial charge in [0.2, 0.25) is 10.0 Å². The largest absolute Gasteiger partial charge is 0.451 e. The van der Waals surface area contributed by atoms with E-state index in [4.69, 9.17) is 4.74 Å². The molecule has 27 heavy (non-hydrogen) atoms. The molecule has 0 spiro atoms. The second-order valence-electron chi connectivity index (χ2n) is 5.73. The van der Waals surface area contributed by atoms with E-state index in [0.29, 0.717) is 5.69 Å². The normalized spacial score (nSPS) is 13.4. The number of amides is 1. The Morgan fingerprint density at radius 3 is 2.19 bits per heavy atom.